The summed E-state index contributed by atoms with van der Waals surface area (Å²) in [5.74, 6) is 0. The summed E-state index contributed by atoms with van der Waals surface area (Å²) >= 11 is 0. The Morgan fingerprint density at radius 1 is 1.40 bits per heavy atom. The number of amides is 2. The van der Waals surface area contributed by atoms with Gasteiger partial charge in [-0.3, -0.25) is 0 Å². The second-order valence-corrected chi connectivity index (χ2v) is 6.57. The van der Waals surface area contributed by atoms with Crippen molar-refractivity contribution in [1.82, 2.24) is 20.0 Å². The van der Waals surface area contributed by atoms with Gasteiger partial charge < -0.3 is 15.3 Å². The van der Waals surface area contributed by atoms with E-state index in [0.29, 0.717) is 6.42 Å². The summed E-state index contributed by atoms with van der Waals surface area (Å²) < 4.78 is 1.81. The third-order valence-corrected chi connectivity index (χ3v) is 4.83. The Hall–Kier alpha value is -2.34. The summed E-state index contributed by atoms with van der Waals surface area (Å²) in [6, 6.07) is 9.90. The van der Waals surface area contributed by atoms with Crippen LogP contribution in [0.5, 0.6) is 0 Å². The van der Waals surface area contributed by atoms with Crippen LogP contribution in [0.2, 0.25) is 0 Å². The Balaban J connectivity index is 1.68. The van der Waals surface area contributed by atoms with Crippen LogP contribution in [0.1, 0.15) is 44.2 Å². The van der Waals surface area contributed by atoms with Gasteiger partial charge in [-0.1, -0.05) is 12.1 Å². The zero-order chi connectivity index (χ0) is 17.6. The second kappa shape index (κ2) is 8.16. The van der Waals surface area contributed by atoms with Crippen LogP contribution < -0.4 is 5.32 Å². The number of aliphatic hydroxyl groups is 1. The molecule has 2 heterocycles. The van der Waals surface area contributed by atoms with E-state index >= 15 is 0 Å². The molecule has 2 N–H and O–H groups in total. The molecule has 1 saturated heterocycles. The van der Waals surface area contributed by atoms with Crippen LogP contribution in [0.15, 0.2) is 42.7 Å². The number of benzene rings is 1. The summed E-state index contributed by atoms with van der Waals surface area (Å²) in [6.45, 7) is 2.87. The molecule has 2 aromatic rings. The molecule has 1 aliphatic heterocycles. The van der Waals surface area contributed by atoms with Crippen molar-refractivity contribution >= 4 is 6.03 Å². The quantitative estimate of drug-likeness (QED) is 0.878. The lowest BCUT2D eigenvalue weighted by molar-refractivity contribution is 0.130. The Morgan fingerprint density at radius 3 is 3.04 bits per heavy atom. The van der Waals surface area contributed by atoms with Crippen LogP contribution in [0.3, 0.4) is 0 Å². The summed E-state index contributed by atoms with van der Waals surface area (Å²) in [5.41, 5.74) is 2.01. The first-order chi connectivity index (χ1) is 12.2. The largest absolute Gasteiger partial charge is 0.396 e. The van der Waals surface area contributed by atoms with Crippen molar-refractivity contribution in [3.8, 4) is 5.69 Å². The summed E-state index contributed by atoms with van der Waals surface area (Å²) in [4.78, 5) is 14.6. The van der Waals surface area contributed by atoms with Gasteiger partial charge in [-0.15, -0.1) is 0 Å². The monoisotopic (exact) mass is 342 g/mol. The minimum atomic E-state index is -0.0975. The molecule has 1 aromatic carbocycles. The Kier molecular flexibility index (Phi) is 5.71. The fraction of sp³-hybridized carbons (Fsp3) is 0.474. The molecular formula is C19H26N4O2. The molecule has 134 valence electrons. The molecule has 0 bridgehead atoms. The first-order valence-electron chi connectivity index (χ1n) is 8.97. The maximum absolute atomic E-state index is 12.7. The lowest BCUT2D eigenvalue weighted by Gasteiger charge is -2.36. The topological polar surface area (TPSA) is 70.4 Å². The number of nitrogens with zero attached hydrogens (tertiary/aromatic N) is 3. The van der Waals surface area contributed by atoms with Gasteiger partial charge in [0.05, 0.1) is 11.7 Å². The fourth-order valence-corrected chi connectivity index (χ4v) is 3.43. The van der Waals surface area contributed by atoms with E-state index in [1.165, 1.54) is 0 Å². The van der Waals surface area contributed by atoms with Gasteiger partial charge >= 0.3 is 6.03 Å². The predicted octanol–water partition coefficient (Wildman–Crippen LogP) is 2.88. The standard InChI is InChI=1S/C19H26N4O2/c1-15(16-6-4-8-18(14-16)23-12-5-10-20-23)21-19(25)22-11-3-2-7-17(22)9-13-24/h4-6,8,10,12,14-15,17,24H,2-3,7,9,11,13H2,1H3,(H,21,25). The van der Waals surface area contributed by atoms with E-state index in [9.17, 15) is 9.90 Å². The highest BCUT2D eigenvalue weighted by atomic mass is 16.3. The van der Waals surface area contributed by atoms with Crippen LogP contribution in [-0.2, 0) is 0 Å². The van der Waals surface area contributed by atoms with Crippen molar-refractivity contribution in [2.45, 2.75) is 44.7 Å². The smallest absolute Gasteiger partial charge is 0.318 e. The summed E-state index contributed by atoms with van der Waals surface area (Å²) in [7, 11) is 0. The molecule has 3 rings (SSSR count). The van der Waals surface area contributed by atoms with E-state index in [0.717, 1.165) is 37.1 Å². The van der Waals surface area contributed by atoms with Gasteiger partial charge in [-0.05, 0) is 56.4 Å². The number of aromatic nitrogens is 2. The van der Waals surface area contributed by atoms with Crippen molar-refractivity contribution in [2.24, 2.45) is 0 Å². The van der Waals surface area contributed by atoms with Gasteiger partial charge in [0.1, 0.15) is 0 Å². The number of rotatable bonds is 5. The van der Waals surface area contributed by atoms with E-state index in [4.69, 9.17) is 0 Å². The third-order valence-electron chi connectivity index (χ3n) is 4.83. The number of piperidine rings is 1. The lowest BCUT2D eigenvalue weighted by atomic mass is 10.00. The van der Waals surface area contributed by atoms with Gasteiger partial charge in [-0.25, -0.2) is 9.48 Å². The van der Waals surface area contributed by atoms with E-state index in [1.807, 2.05) is 48.4 Å². The average Bonchev–Trinajstić information content (AvgIpc) is 3.17. The van der Waals surface area contributed by atoms with Crippen molar-refractivity contribution in [2.75, 3.05) is 13.2 Å². The number of hydrogen-bond acceptors (Lipinski definition) is 3. The normalized spacial score (nSPS) is 18.8. The molecule has 2 amide bonds. The summed E-state index contributed by atoms with van der Waals surface area (Å²) in [6.07, 6.45) is 7.41. The van der Waals surface area contributed by atoms with Crippen LogP contribution in [0, 0.1) is 0 Å². The van der Waals surface area contributed by atoms with Crippen LogP contribution in [-0.4, -0.2) is 45.0 Å². The average molecular weight is 342 g/mol. The molecular weight excluding hydrogens is 316 g/mol. The van der Waals surface area contributed by atoms with E-state index in [2.05, 4.69) is 10.4 Å². The fourth-order valence-electron chi connectivity index (χ4n) is 3.43. The zero-order valence-corrected chi connectivity index (χ0v) is 14.6. The number of nitrogens with one attached hydrogen (secondary N) is 1. The number of carbonyl (C=O) groups excluding carboxylic acids is 1. The highest BCUT2D eigenvalue weighted by Gasteiger charge is 2.27. The molecule has 2 atom stereocenters. The van der Waals surface area contributed by atoms with Gasteiger partial charge in [-0.2, -0.15) is 5.10 Å². The van der Waals surface area contributed by atoms with Gasteiger partial charge in [0.15, 0.2) is 0 Å². The number of urea groups is 1. The van der Waals surface area contributed by atoms with Crippen molar-refractivity contribution in [3.05, 3.63) is 48.3 Å². The van der Waals surface area contributed by atoms with Crippen LogP contribution in [0.25, 0.3) is 5.69 Å². The Labute approximate surface area is 148 Å². The molecule has 1 aromatic heterocycles. The highest BCUT2D eigenvalue weighted by Crippen LogP contribution is 2.21. The van der Waals surface area contributed by atoms with Crippen LogP contribution in [0.4, 0.5) is 4.79 Å². The van der Waals surface area contributed by atoms with E-state index < -0.39 is 0 Å². The first-order valence-corrected chi connectivity index (χ1v) is 8.97. The molecule has 2 unspecified atom stereocenters. The minimum Gasteiger partial charge on any atom is -0.396 e. The number of carbonyl (C=O) groups is 1. The van der Waals surface area contributed by atoms with Gasteiger partial charge in [0.25, 0.3) is 0 Å². The van der Waals surface area contributed by atoms with Crippen molar-refractivity contribution < 1.29 is 9.90 Å². The molecule has 25 heavy (non-hydrogen) atoms. The molecule has 0 aliphatic carbocycles. The van der Waals surface area contributed by atoms with Crippen molar-refractivity contribution in [3.63, 3.8) is 0 Å². The maximum atomic E-state index is 12.7. The molecule has 6 nitrogen and oxygen atoms in total. The number of hydrogen-bond donors (Lipinski definition) is 2. The van der Waals surface area contributed by atoms with Gasteiger partial charge in [0, 0.05) is 31.6 Å². The highest BCUT2D eigenvalue weighted by molar-refractivity contribution is 5.75. The maximum Gasteiger partial charge on any atom is 0.318 e. The molecule has 0 radical (unpaired) electrons. The number of likely N-dealkylation sites (tertiary alicyclic amines) is 1. The van der Waals surface area contributed by atoms with Crippen LogP contribution >= 0.6 is 0 Å². The third kappa shape index (κ3) is 4.20. The zero-order valence-electron chi connectivity index (χ0n) is 14.6. The van der Waals surface area contributed by atoms with Crippen molar-refractivity contribution in [1.29, 1.82) is 0 Å². The molecule has 1 fully saturated rings. The SMILES string of the molecule is CC(NC(=O)N1CCCCC1CCO)c1cccc(-n2cccn2)c1. The minimum absolute atomic E-state index is 0.0462. The molecule has 0 saturated carbocycles. The molecule has 6 heteroatoms. The van der Waals surface area contributed by atoms with E-state index in [-0.39, 0.29) is 24.7 Å². The number of aliphatic hydroxyl groups excluding tert-OH is 1. The summed E-state index contributed by atoms with van der Waals surface area (Å²) in [5, 5.41) is 16.6. The predicted molar refractivity (Wildman–Crippen MR) is 96.6 cm³/mol. The second-order valence-electron chi connectivity index (χ2n) is 6.57. The lowest BCUT2D eigenvalue weighted by Crippen LogP contribution is -2.49. The first kappa shape index (κ1) is 17.5. The van der Waals surface area contributed by atoms with E-state index in [1.54, 1.807) is 10.9 Å². The van der Waals surface area contributed by atoms with Gasteiger partial charge in [0.2, 0.25) is 0 Å². The Morgan fingerprint density at radius 2 is 2.28 bits per heavy atom. The molecule has 0 spiro atoms. The Bertz CT molecular complexity index is 684. The molecule has 1 aliphatic rings.